The van der Waals surface area contributed by atoms with E-state index in [1.807, 2.05) is 16.7 Å². The number of amidine groups is 1. The molecule has 2 rings (SSSR count). The van der Waals surface area contributed by atoms with Crippen LogP contribution in [0.15, 0.2) is 5.16 Å². The van der Waals surface area contributed by atoms with Crippen molar-refractivity contribution in [2.24, 2.45) is 16.3 Å². The van der Waals surface area contributed by atoms with Gasteiger partial charge in [-0.05, 0) is 12.8 Å². The first-order valence-electron chi connectivity index (χ1n) is 6.06. The van der Waals surface area contributed by atoms with Crippen LogP contribution in [0.5, 0.6) is 0 Å². The first kappa shape index (κ1) is 12.5. The molecule has 0 aromatic carbocycles. The van der Waals surface area contributed by atoms with Gasteiger partial charge >= 0.3 is 0 Å². The summed E-state index contributed by atoms with van der Waals surface area (Å²) in [6.07, 6.45) is 3.38. The summed E-state index contributed by atoms with van der Waals surface area (Å²) in [4.78, 5) is 14.4. The maximum atomic E-state index is 12.6. The van der Waals surface area contributed by atoms with Crippen LogP contribution in [0.25, 0.3) is 0 Å². The van der Waals surface area contributed by atoms with E-state index in [4.69, 9.17) is 10.9 Å². The van der Waals surface area contributed by atoms with Crippen LogP contribution < -0.4 is 5.73 Å². The maximum Gasteiger partial charge on any atom is 0.236 e. The second-order valence-electron chi connectivity index (χ2n) is 4.68. The van der Waals surface area contributed by atoms with E-state index in [0.29, 0.717) is 12.8 Å². The molecular formula is C11H19N3O2S. The lowest BCUT2D eigenvalue weighted by Crippen LogP contribution is -2.52. The lowest BCUT2D eigenvalue weighted by atomic mass is 9.83. The van der Waals surface area contributed by atoms with Gasteiger partial charge in [0.15, 0.2) is 5.84 Å². The number of hydrogen-bond acceptors (Lipinski definition) is 4. The van der Waals surface area contributed by atoms with Gasteiger partial charge in [0.25, 0.3) is 0 Å². The topological polar surface area (TPSA) is 78.9 Å². The van der Waals surface area contributed by atoms with Crippen LogP contribution in [0.1, 0.15) is 25.7 Å². The zero-order valence-corrected chi connectivity index (χ0v) is 10.7. The molecule has 1 heterocycles. The highest BCUT2D eigenvalue weighted by Crippen LogP contribution is 2.40. The van der Waals surface area contributed by atoms with Gasteiger partial charge < -0.3 is 15.8 Å². The molecule has 1 aliphatic heterocycles. The van der Waals surface area contributed by atoms with Crippen molar-refractivity contribution < 1.29 is 10.0 Å². The van der Waals surface area contributed by atoms with Crippen molar-refractivity contribution in [2.45, 2.75) is 25.7 Å². The van der Waals surface area contributed by atoms with E-state index >= 15 is 0 Å². The minimum absolute atomic E-state index is 0.0607. The number of rotatable bonds is 2. The normalized spacial score (nSPS) is 24.9. The minimum atomic E-state index is -0.725. The maximum absolute atomic E-state index is 12.6. The van der Waals surface area contributed by atoms with Gasteiger partial charge in [-0.25, -0.2) is 0 Å². The second-order valence-corrected chi connectivity index (χ2v) is 5.90. The molecule has 1 amide bonds. The molecule has 96 valence electrons. The minimum Gasteiger partial charge on any atom is -0.409 e. The van der Waals surface area contributed by atoms with Crippen molar-refractivity contribution in [1.82, 2.24) is 4.90 Å². The fraction of sp³-hybridized carbons (Fsp3) is 0.818. The summed E-state index contributed by atoms with van der Waals surface area (Å²) >= 11 is 1.87. The SMILES string of the molecule is N/C(=N/O)C1(C(=O)N2CCSCC2)CCCC1. The van der Waals surface area contributed by atoms with E-state index in [1.54, 1.807) is 0 Å². The Balaban J connectivity index is 2.18. The van der Waals surface area contributed by atoms with Gasteiger partial charge in [-0.1, -0.05) is 18.0 Å². The van der Waals surface area contributed by atoms with Gasteiger partial charge in [-0.15, -0.1) is 0 Å². The van der Waals surface area contributed by atoms with Crippen molar-refractivity contribution >= 4 is 23.5 Å². The Bertz CT molecular complexity index is 321. The molecule has 2 aliphatic rings. The summed E-state index contributed by atoms with van der Waals surface area (Å²) in [5.74, 6) is 2.12. The summed E-state index contributed by atoms with van der Waals surface area (Å²) in [7, 11) is 0. The molecule has 6 heteroatoms. The Morgan fingerprint density at radius 2 is 1.88 bits per heavy atom. The predicted molar refractivity (Wildman–Crippen MR) is 68.2 cm³/mol. The average Bonchev–Trinajstić information content (AvgIpc) is 2.88. The van der Waals surface area contributed by atoms with Crippen LogP contribution in [-0.2, 0) is 4.79 Å². The van der Waals surface area contributed by atoms with Gasteiger partial charge in [0, 0.05) is 24.6 Å². The number of nitrogens with two attached hydrogens (primary N) is 1. The molecular weight excluding hydrogens is 238 g/mol. The van der Waals surface area contributed by atoms with Gasteiger partial charge in [0.2, 0.25) is 5.91 Å². The number of oxime groups is 1. The number of thioether (sulfide) groups is 1. The number of nitrogens with zero attached hydrogens (tertiary/aromatic N) is 2. The van der Waals surface area contributed by atoms with Crippen LogP contribution in [0.2, 0.25) is 0 Å². The average molecular weight is 257 g/mol. The molecule has 0 atom stereocenters. The Labute approximate surface area is 105 Å². The van der Waals surface area contributed by atoms with Gasteiger partial charge in [0.1, 0.15) is 5.41 Å². The van der Waals surface area contributed by atoms with E-state index < -0.39 is 5.41 Å². The van der Waals surface area contributed by atoms with E-state index in [2.05, 4.69) is 5.16 Å². The molecule has 3 N–H and O–H groups in total. The Kier molecular flexibility index (Phi) is 3.81. The molecule has 0 radical (unpaired) electrons. The van der Waals surface area contributed by atoms with Crippen LogP contribution >= 0.6 is 11.8 Å². The summed E-state index contributed by atoms with van der Waals surface area (Å²) in [5, 5.41) is 12.0. The molecule has 0 aromatic rings. The van der Waals surface area contributed by atoms with Crippen molar-refractivity contribution in [1.29, 1.82) is 0 Å². The van der Waals surface area contributed by atoms with E-state index in [-0.39, 0.29) is 11.7 Å². The Morgan fingerprint density at radius 1 is 1.29 bits per heavy atom. The first-order chi connectivity index (χ1) is 8.20. The fourth-order valence-corrected chi connectivity index (χ4v) is 3.63. The zero-order chi connectivity index (χ0) is 12.3. The summed E-state index contributed by atoms with van der Waals surface area (Å²) in [6, 6.07) is 0. The van der Waals surface area contributed by atoms with Crippen LogP contribution in [0.3, 0.4) is 0 Å². The summed E-state index contributed by atoms with van der Waals surface area (Å²) in [5.41, 5.74) is 5.04. The molecule has 0 aromatic heterocycles. The quantitative estimate of drug-likeness (QED) is 0.333. The number of carbonyl (C=O) groups is 1. The van der Waals surface area contributed by atoms with Gasteiger partial charge in [-0.3, -0.25) is 4.79 Å². The smallest absolute Gasteiger partial charge is 0.236 e. The van der Waals surface area contributed by atoms with Crippen molar-refractivity contribution in [2.75, 3.05) is 24.6 Å². The lowest BCUT2D eigenvalue weighted by Gasteiger charge is -2.35. The van der Waals surface area contributed by atoms with E-state index in [1.165, 1.54) is 0 Å². The molecule has 5 nitrogen and oxygen atoms in total. The molecule has 1 aliphatic carbocycles. The van der Waals surface area contributed by atoms with Crippen molar-refractivity contribution in [3.05, 3.63) is 0 Å². The monoisotopic (exact) mass is 257 g/mol. The molecule has 0 bridgehead atoms. The van der Waals surface area contributed by atoms with Crippen molar-refractivity contribution in [3.8, 4) is 0 Å². The van der Waals surface area contributed by atoms with Gasteiger partial charge in [-0.2, -0.15) is 11.8 Å². The third-order valence-electron chi connectivity index (χ3n) is 3.76. The molecule has 2 fully saturated rings. The highest BCUT2D eigenvalue weighted by molar-refractivity contribution is 7.99. The van der Waals surface area contributed by atoms with Crippen LogP contribution in [0.4, 0.5) is 0 Å². The molecule has 1 saturated carbocycles. The fourth-order valence-electron chi connectivity index (χ4n) is 2.72. The van der Waals surface area contributed by atoms with Crippen LogP contribution in [-0.4, -0.2) is 46.4 Å². The van der Waals surface area contributed by atoms with Gasteiger partial charge in [0.05, 0.1) is 0 Å². The molecule has 17 heavy (non-hydrogen) atoms. The third-order valence-corrected chi connectivity index (χ3v) is 4.71. The second kappa shape index (κ2) is 5.16. The van der Waals surface area contributed by atoms with Crippen molar-refractivity contribution in [3.63, 3.8) is 0 Å². The van der Waals surface area contributed by atoms with E-state index in [9.17, 15) is 4.79 Å². The number of amides is 1. The largest absolute Gasteiger partial charge is 0.409 e. The first-order valence-corrected chi connectivity index (χ1v) is 7.21. The third kappa shape index (κ3) is 2.22. The lowest BCUT2D eigenvalue weighted by molar-refractivity contribution is -0.137. The molecule has 0 unspecified atom stereocenters. The number of carbonyl (C=O) groups excluding carboxylic acids is 1. The predicted octanol–water partition coefficient (Wildman–Crippen LogP) is 0.869. The molecule has 0 spiro atoms. The van der Waals surface area contributed by atoms with Crippen LogP contribution in [0, 0.1) is 5.41 Å². The number of hydrogen-bond donors (Lipinski definition) is 2. The summed E-state index contributed by atoms with van der Waals surface area (Å²) in [6.45, 7) is 1.56. The summed E-state index contributed by atoms with van der Waals surface area (Å²) < 4.78 is 0. The standard InChI is InChI=1S/C11H19N3O2S/c12-9(13-16)11(3-1-2-4-11)10(15)14-5-7-17-8-6-14/h16H,1-8H2,(H2,12,13). The van der Waals surface area contributed by atoms with E-state index in [0.717, 1.165) is 37.4 Å². The Hall–Kier alpha value is -0.910. The highest BCUT2D eigenvalue weighted by Gasteiger charge is 2.47. The zero-order valence-electron chi connectivity index (χ0n) is 9.89. The Morgan fingerprint density at radius 3 is 2.41 bits per heavy atom. The molecule has 1 saturated heterocycles. The highest BCUT2D eigenvalue weighted by atomic mass is 32.2.